The van der Waals surface area contributed by atoms with Crippen LogP contribution in [0.3, 0.4) is 0 Å². The summed E-state index contributed by atoms with van der Waals surface area (Å²) in [4.78, 5) is 0.605. The lowest BCUT2D eigenvalue weighted by molar-refractivity contribution is 0.269. The Hall–Kier alpha value is -0.0200. The van der Waals surface area contributed by atoms with Gasteiger partial charge in [0.05, 0.1) is 6.61 Å². The van der Waals surface area contributed by atoms with E-state index >= 15 is 0 Å². The first-order valence-electron chi connectivity index (χ1n) is 5.65. The molecule has 16 heavy (non-hydrogen) atoms. The van der Waals surface area contributed by atoms with Gasteiger partial charge in [-0.15, -0.1) is 0 Å². The first-order chi connectivity index (χ1) is 7.62. The molecular weight excluding hydrogens is 332 g/mol. The van der Waals surface area contributed by atoms with Gasteiger partial charge in [-0.25, -0.2) is 0 Å². The van der Waals surface area contributed by atoms with Crippen molar-refractivity contribution in [3.63, 3.8) is 0 Å². The largest absolute Gasteiger partial charge is 0.494 e. The summed E-state index contributed by atoms with van der Waals surface area (Å²) in [5.41, 5.74) is 0.509. The van der Waals surface area contributed by atoms with Gasteiger partial charge in [0, 0.05) is 9.30 Å². The molecule has 1 aliphatic carbocycles. The molecule has 1 nitrogen and oxygen atoms in total. The molecule has 0 spiro atoms. The Morgan fingerprint density at radius 1 is 1.31 bits per heavy atom. The maximum Gasteiger partial charge on any atom is 0.119 e. The van der Waals surface area contributed by atoms with Gasteiger partial charge in [0.2, 0.25) is 0 Å². The van der Waals surface area contributed by atoms with E-state index in [2.05, 4.69) is 38.8 Å². The number of halogens is 2. The molecule has 1 unspecified atom stereocenters. The molecule has 1 saturated carbocycles. The number of hydrogen-bond acceptors (Lipinski definition) is 1. The maximum absolute atomic E-state index is 5.75. The van der Waals surface area contributed by atoms with Crippen LogP contribution in [0.2, 0.25) is 0 Å². The molecule has 0 aliphatic heterocycles. The van der Waals surface area contributed by atoms with Crippen molar-refractivity contribution in [1.29, 1.82) is 0 Å². The molecule has 0 radical (unpaired) electrons. The second-order valence-corrected chi connectivity index (χ2v) is 6.82. The summed E-state index contributed by atoms with van der Waals surface area (Å²) in [6, 6.07) is 8.02. The van der Waals surface area contributed by atoms with Crippen LogP contribution in [0.15, 0.2) is 28.7 Å². The summed E-state index contributed by atoms with van der Waals surface area (Å²) < 4.78 is 6.84. The van der Waals surface area contributed by atoms with Crippen molar-refractivity contribution in [3.8, 4) is 5.75 Å². The number of benzene rings is 1. The summed E-state index contributed by atoms with van der Waals surface area (Å²) in [6.45, 7) is 3.06. The highest BCUT2D eigenvalue weighted by molar-refractivity contribution is 9.10. The Kier molecular flexibility index (Phi) is 3.96. The van der Waals surface area contributed by atoms with Crippen molar-refractivity contribution in [2.75, 3.05) is 6.61 Å². The second-order valence-electron chi connectivity index (χ2n) is 4.53. The van der Waals surface area contributed by atoms with Crippen molar-refractivity contribution in [1.82, 2.24) is 0 Å². The van der Waals surface area contributed by atoms with E-state index in [-0.39, 0.29) is 0 Å². The molecule has 88 valence electrons. The Labute approximate surface area is 114 Å². The van der Waals surface area contributed by atoms with Crippen molar-refractivity contribution in [3.05, 3.63) is 28.7 Å². The Morgan fingerprint density at radius 2 is 1.94 bits per heavy atom. The van der Waals surface area contributed by atoms with Crippen molar-refractivity contribution < 1.29 is 4.74 Å². The SMILES string of the molecule is CC(Br)C1(CCOc2ccc(Br)cc2)CC1. The molecule has 0 heterocycles. The molecule has 1 aromatic rings. The van der Waals surface area contributed by atoms with Crippen LogP contribution in [-0.2, 0) is 0 Å². The third-order valence-electron chi connectivity index (χ3n) is 3.42. The number of hydrogen-bond donors (Lipinski definition) is 0. The lowest BCUT2D eigenvalue weighted by Gasteiger charge is -2.18. The van der Waals surface area contributed by atoms with Crippen LogP contribution in [0, 0.1) is 5.41 Å². The summed E-state index contributed by atoms with van der Waals surface area (Å²) in [5.74, 6) is 0.959. The first-order valence-corrected chi connectivity index (χ1v) is 7.36. The standard InChI is InChI=1S/C13H16Br2O/c1-10(14)13(6-7-13)8-9-16-12-4-2-11(15)3-5-12/h2-5,10H,6-9H2,1H3. The fraction of sp³-hybridized carbons (Fsp3) is 0.538. The van der Waals surface area contributed by atoms with Gasteiger partial charge in [-0.1, -0.05) is 38.8 Å². The molecule has 3 heteroatoms. The highest BCUT2D eigenvalue weighted by Crippen LogP contribution is 2.54. The average molecular weight is 348 g/mol. The minimum absolute atomic E-state index is 0.509. The van der Waals surface area contributed by atoms with Crippen LogP contribution in [-0.4, -0.2) is 11.4 Å². The van der Waals surface area contributed by atoms with E-state index in [9.17, 15) is 0 Å². The van der Waals surface area contributed by atoms with E-state index in [1.54, 1.807) is 0 Å². The normalized spacial score (nSPS) is 19.2. The van der Waals surface area contributed by atoms with Gasteiger partial charge in [0.25, 0.3) is 0 Å². The second kappa shape index (κ2) is 5.09. The predicted octanol–water partition coefficient (Wildman–Crippen LogP) is 4.78. The molecule has 0 N–H and O–H groups in total. The summed E-state index contributed by atoms with van der Waals surface area (Å²) in [7, 11) is 0. The van der Waals surface area contributed by atoms with Crippen molar-refractivity contribution in [2.24, 2.45) is 5.41 Å². The zero-order valence-corrected chi connectivity index (χ0v) is 12.6. The number of rotatable bonds is 5. The van der Waals surface area contributed by atoms with E-state index in [0.29, 0.717) is 10.2 Å². The molecule has 0 bridgehead atoms. The summed E-state index contributed by atoms with van der Waals surface area (Å²) in [5, 5.41) is 0. The Bertz CT molecular complexity index is 341. The molecule has 1 aromatic carbocycles. The molecule has 0 aromatic heterocycles. The molecule has 2 rings (SSSR count). The predicted molar refractivity (Wildman–Crippen MR) is 74.3 cm³/mol. The Morgan fingerprint density at radius 3 is 2.44 bits per heavy atom. The van der Waals surface area contributed by atoms with Gasteiger partial charge in [-0.2, -0.15) is 0 Å². The Balaban J connectivity index is 1.78. The molecule has 1 atom stereocenters. The quantitative estimate of drug-likeness (QED) is 0.696. The average Bonchev–Trinajstić information content (AvgIpc) is 3.02. The van der Waals surface area contributed by atoms with Gasteiger partial charge >= 0.3 is 0 Å². The topological polar surface area (TPSA) is 9.23 Å². The van der Waals surface area contributed by atoms with Gasteiger partial charge in [-0.3, -0.25) is 0 Å². The lowest BCUT2D eigenvalue weighted by Crippen LogP contribution is -2.15. The maximum atomic E-state index is 5.75. The highest BCUT2D eigenvalue weighted by atomic mass is 79.9. The fourth-order valence-corrected chi connectivity index (χ4v) is 2.86. The zero-order chi connectivity index (χ0) is 11.6. The number of ether oxygens (including phenoxy) is 1. The van der Waals surface area contributed by atoms with Gasteiger partial charge in [0.15, 0.2) is 0 Å². The smallest absolute Gasteiger partial charge is 0.119 e. The van der Waals surface area contributed by atoms with Crippen LogP contribution < -0.4 is 4.74 Å². The van der Waals surface area contributed by atoms with E-state index < -0.39 is 0 Å². The summed E-state index contributed by atoms with van der Waals surface area (Å²) in [6.07, 6.45) is 3.82. The van der Waals surface area contributed by atoms with Crippen molar-refractivity contribution in [2.45, 2.75) is 31.0 Å². The molecule has 0 saturated heterocycles. The van der Waals surface area contributed by atoms with Crippen LogP contribution in [0.25, 0.3) is 0 Å². The molecule has 1 fully saturated rings. The van der Waals surface area contributed by atoms with Gasteiger partial charge in [0.1, 0.15) is 5.75 Å². The summed E-state index contributed by atoms with van der Waals surface area (Å²) >= 11 is 7.11. The fourth-order valence-electron chi connectivity index (χ4n) is 1.91. The first kappa shape index (κ1) is 12.4. The molecule has 0 amide bonds. The van der Waals surface area contributed by atoms with Gasteiger partial charge in [-0.05, 0) is 48.9 Å². The van der Waals surface area contributed by atoms with Crippen molar-refractivity contribution >= 4 is 31.9 Å². The molecule has 1 aliphatic rings. The van der Waals surface area contributed by atoms with Gasteiger partial charge < -0.3 is 4.74 Å². The van der Waals surface area contributed by atoms with E-state index in [1.807, 2.05) is 24.3 Å². The number of alkyl halides is 1. The minimum Gasteiger partial charge on any atom is -0.494 e. The van der Waals surface area contributed by atoms with Crippen LogP contribution in [0.5, 0.6) is 5.75 Å². The van der Waals surface area contributed by atoms with E-state index in [4.69, 9.17) is 4.74 Å². The van der Waals surface area contributed by atoms with Crippen LogP contribution >= 0.6 is 31.9 Å². The zero-order valence-electron chi connectivity index (χ0n) is 9.38. The van der Waals surface area contributed by atoms with E-state index in [0.717, 1.165) is 23.2 Å². The third kappa shape index (κ3) is 3.01. The lowest BCUT2D eigenvalue weighted by atomic mass is 10.00. The van der Waals surface area contributed by atoms with E-state index in [1.165, 1.54) is 12.8 Å². The van der Waals surface area contributed by atoms with Crippen LogP contribution in [0.1, 0.15) is 26.2 Å². The highest BCUT2D eigenvalue weighted by Gasteiger charge is 2.45. The molecular formula is C13H16Br2O. The minimum atomic E-state index is 0.509. The van der Waals surface area contributed by atoms with Crippen LogP contribution in [0.4, 0.5) is 0 Å². The monoisotopic (exact) mass is 346 g/mol. The third-order valence-corrected chi connectivity index (χ3v) is 4.92.